The quantitative estimate of drug-likeness (QED) is 0.591. The van der Waals surface area contributed by atoms with Gasteiger partial charge >= 0.3 is 0 Å². The van der Waals surface area contributed by atoms with Gasteiger partial charge in [-0.15, -0.1) is 0 Å². The first-order valence-electron chi connectivity index (χ1n) is 11.8. The lowest BCUT2D eigenvalue weighted by Crippen LogP contribution is -2.51. The molecule has 5 rings (SSSR count). The predicted molar refractivity (Wildman–Crippen MR) is 131 cm³/mol. The van der Waals surface area contributed by atoms with Crippen LogP contribution in [-0.4, -0.2) is 47.7 Å². The van der Waals surface area contributed by atoms with Gasteiger partial charge in [0.1, 0.15) is 6.61 Å². The minimum absolute atomic E-state index is 0.102. The number of benzene rings is 3. The zero-order valence-corrected chi connectivity index (χ0v) is 19.6. The summed E-state index contributed by atoms with van der Waals surface area (Å²) < 4.78 is 11.6. The maximum Gasteiger partial charge on any atom is 0.256 e. The molecule has 0 saturated carbocycles. The number of ether oxygens (including phenoxy) is 2. The fourth-order valence-electron chi connectivity index (χ4n) is 4.89. The summed E-state index contributed by atoms with van der Waals surface area (Å²) in [5.74, 6) is 0.292. The Morgan fingerprint density at radius 2 is 1.69 bits per heavy atom. The number of aliphatic hydroxyl groups is 1. The molecule has 1 N–H and O–H groups in total. The van der Waals surface area contributed by atoms with Crippen molar-refractivity contribution >= 4 is 17.5 Å². The molecule has 0 aliphatic carbocycles. The van der Waals surface area contributed by atoms with Crippen LogP contribution in [0.5, 0.6) is 11.5 Å². The molecule has 0 radical (unpaired) electrons. The molecule has 35 heavy (non-hydrogen) atoms. The summed E-state index contributed by atoms with van der Waals surface area (Å²) in [6, 6.07) is 21.9. The number of carbonyl (C=O) groups excluding carboxylic acids is 2. The molecule has 2 atom stereocenters. The second-order valence-electron chi connectivity index (χ2n) is 8.84. The molecule has 2 aliphatic rings. The topological polar surface area (TPSA) is 79.3 Å². The van der Waals surface area contributed by atoms with Gasteiger partial charge in [-0.2, -0.15) is 0 Å². The number of aliphatic hydroxyl groups excluding tert-OH is 1. The summed E-state index contributed by atoms with van der Waals surface area (Å²) in [4.78, 5) is 30.2. The van der Waals surface area contributed by atoms with E-state index >= 15 is 0 Å². The Kier molecular flexibility index (Phi) is 6.42. The minimum Gasteiger partial charge on any atom is -0.493 e. The first kappa shape index (κ1) is 22.9. The lowest BCUT2D eigenvalue weighted by Gasteiger charge is -2.32. The van der Waals surface area contributed by atoms with Crippen molar-refractivity contribution in [1.82, 2.24) is 4.90 Å². The molecule has 3 aromatic rings. The van der Waals surface area contributed by atoms with Crippen molar-refractivity contribution in [3.05, 3.63) is 89.5 Å². The van der Waals surface area contributed by atoms with Crippen molar-refractivity contribution in [2.24, 2.45) is 0 Å². The highest BCUT2D eigenvalue weighted by atomic mass is 16.5. The molecule has 3 aromatic carbocycles. The van der Waals surface area contributed by atoms with Crippen LogP contribution in [0.15, 0.2) is 72.8 Å². The van der Waals surface area contributed by atoms with Gasteiger partial charge in [-0.3, -0.25) is 14.5 Å². The fraction of sp³-hybridized carbons (Fsp3) is 0.286. The average Bonchev–Trinajstić information content (AvgIpc) is 3.36. The van der Waals surface area contributed by atoms with E-state index in [9.17, 15) is 14.7 Å². The van der Waals surface area contributed by atoms with E-state index < -0.39 is 12.3 Å². The first-order chi connectivity index (χ1) is 17.1. The highest BCUT2D eigenvalue weighted by Gasteiger charge is 2.44. The van der Waals surface area contributed by atoms with Gasteiger partial charge < -0.3 is 19.5 Å². The molecule has 2 heterocycles. The zero-order chi connectivity index (χ0) is 24.4. The summed E-state index contributed by atoms with van der Waals surface area (Å²) in [5, 5.41) is 11.4. The van der Waals surface area contributed by atoms with E-state index in [0.29, 0.717) is 42.3 Å². The number of amides is 2. The highest BCUT2D eigenvalue weighted by Crippen LogP contribution is 2.41. The van der Waals surface area contributed by atoms with Crippen LogP contribution in [0, 0.1) is 0 Å². The molecule has 1 saturated heterocycles. The molecule has 0 aromatic heterocycles. The molecule has 7 heteroatoms. The Hall–Kier alpha value is -3.84. The molecule has 0 bridgehead atoms. The van der Waals surface area contributed by atoms with Crippen molar-refractivity contribution < 1.29 is 24.2 Å². The highest BCUT2D eigenvalue weighted by molar-refractivity contribution is 6.07. The van der Waals surface area contributed by atoms with Crippen LogP contribution in [0.3, 0.4) is 0 Å². The zero-order valence-electron chi connectivity index (χ0n) is 19.6. The van der Waals surface area contributed by atoms with E-state index in [1.165, 1.54) is 12.0 Å². The van der Waals surface area contributed by atoms with Crippen molar-refractivity contribution in [3.8, 4) is 11.5 Å². The van der Waals surface area contributed by atoms with Crippen molar-refractivity contribution in [2.75, 3.05) is 18.6 Å². The Bertz CT molecular complexity index is 1210. The van der Waals surface area contributed by atoms with Gasteiger partial charge in [-0.25, -0.2) is 0 Å². The Morgan fingerprint density at radius 3 is 2.37 bits per heavy atom. The number of anilines is 1. The van der Waals surface area contributed by atoms with Crippen LogP contribution >= 0.6 is 0 Å². The second kappa shape index (κ2) is 9.80. The summed E-state index contributed by atoms with van der Waals surface area (Å²) in [6.45, 7) is 0.828. The number of rotatable bonds is 6. The summed E-state index contributed by atoms with van der Waals surface area (Å²) in [7, 11) is 1.52. The summed E-state index contributed by atoms with van der Waals surface area (Å²) in [6.07, 6.45) is 0.350. The van der Waals surface area contributed by atoms with Crippen LogP contribution in [0.4, 0.5) is 5.69 Å². The fourth-order valence-corrected chi connectivity index (χ4v) is 4.89. The monoisotopic (exact) mass is 472 g/mol. The van der Waals surface area contributed by atoms with E-state index in [0.717, 1.165) is 17.5 Å². The van der Waals surface area contributed by atoms with Crippen molar-refractivity contribution in [1.29, 1.82) is 0 Å². The number of nitrogens with zero attached hydrogens (tertiary/aromatic N) is 2. The third-order valence-corrected chi connectivity index (χ3v) is 6.64. The predicted octanol–water partition coefficient (Wildman–Crippen LogP) is 3.79. The average molecular weight is 473 g/mol. The van der Waals surface area contributed by atoms with E-state index in [-0.39, 0.29) is 18.2 Å². The van der Waals surface area contributed by atoms with E-state index in [1.54, 1.807) is 17.0 Å². The number of fused-ring (bicyclic) bond motifs is 2. The maximum absolute atomic E-state index is 13.6. The third-order valence-electron chi connectivity index (χ3n) is 6.64. The molecular formula is C28H28N2O5. The van der Waals surface area contributed by atoms with Crippen LogP contribution in [0.1, 0.15) is 34.3 Å². The molecule has 1 fully saturated rings. The molecule has 7 nitrogen and oxygen atoms in total. The minimum atomic E-state index is -1.16. The SMILES string of the molecule is COc1cc2c(cc1OCc1ccccc1)N(C(=O)Cc1ccccc1)C(O)C1CCCN1C2=O. The Labute approximate surface area is 204 Å². The number of hydrogen-bond acceptors (Lipinski definition) is 5. The maximum atomic E-state index is 13.6. The lowest BCUT2D eigenvalue weighted by atomic mass is 10.1. The summed E-state index contributed by atoms with van der Waals surface area (Å²) >= 11 is 0. The largest absolute Gasteiger partial charge is 0.493 e. The molecule has 2 amide bonds. The third kappa shape index (κ3) is 4.47. The molecular weight excluding hydrogens is 444 g/mol. The van der Waals surface area contributed by atoms with E-state index in [1.807, 2.05) is 60.7 Å². The first-order valence-corrected chi connectivity index (χ1v) is 11.8. The number of carbonyl (C=O) groups is 2. The van der Waals surface area contributed by atoms with Crippen LogP contribution in [0.2, 0.25) is 0 Å². The number of hydrogen-bond donors (Lipinski definition) is 1. The standard InChI is InChI=1S/C28H28N2O5/c1-34-24-16-21-23(17-25(24)35-18-20-11-6-3-7-12-20)30(26(31)15-19-9-4-2-5-10-19)28(33)22-13-8-14-29(22)27(21)32/h2-7,9-12,16-17,22,28,33H,8,13-15,18H2,1H3. The molecule has 0 spiro atoms. The van der Waals surface area contributed by atoms with Gasteiger partial charge in [0, 0.05) is 12.6 Å². The van der Waals surface area contributed by atoms with Crippen LogP contribution in [0.25, 0.3) is 0 Å². The van der Waals surface area contributed by atoms with E-state index in [4.69, 9.17) is 9.47 Å². The van der Waals surface area contributed by atoms with Gasteiger partial charge in [-0.1, -0.05) is 60.7 Å². The smallest absolute Gasteiger partial charge is 0.256 e. The normalized spacial score (nSPS) is 19.1. The van der Waals surface area contributed by atoms with Gasteiger partial charge in [0.05, 0.1) is 30.8 Å². The summed E-state index contributed by atoms with van der Waals surface area (Å²) in [5.41, 5.74) is 2.46. The Balaban J connectivity index is 1.56. The van der Waals surface area contributed by atoms with Crippen LogP contribution in [-0.2, 0) is 17.8 Å². The van der Waals surface area contributed by atoms with E-state index in [2.05, 4.69) is 0 Å². The molecule has 2 aliphatic heterocycles. The second-order valence-corrected chi connectivity index (χ2v) is 8.84. The van der Waals surface area contributed by atoms with Gasteiger partial charge in [-0.05, 0) is 30.0 Å². The van der Waals surface area contributed by atoms with Gasteiger partial charge in [0.25, 0.3) is 5.91 Å². The Morgan fingerprint density at radius 1 is 1.00 bits per heavy atom. The van der Waals surface area contributed by atoms with Crippen molar-refractivity contribution in [2.45, 2.75) is 38.1 Å². The van der Waals surface area contributed by atoms with Gasteiger partial charge in [0.2, 0.25) is 5.91 Å². The molecule has 2 unspecified atom stereocenters. The van der Waals surface area contributed by atoms with Crippen molar-refractivity contribution in [3.63, 3.8) is 0 Å². The van der Waals surface area contributed by atoms with Crippen LogP contribution < -0.4 is 14.4 Å². The number of methoxy groups -OCH3 is 1. The van der Waals surface area contributed by atoms with Gasteiger partial charge in [0.15, 0.2) is 17.7 Å². The molecule has 180 valence electrons. The lowest BCUT2D eigenvalue weighted by molar-refractivity contribution is -0.120.